The molecule has 1 saturated carbocycles. The fourth-order valence-electron chi connectivity index (χ4n) is 3.58. The number of carbonyl (C=O) groups is 1. The average Bonchev–Trinajstić information content (AvgIpc) is 2.75. The second kappa shape index (κ2) is 9.44. The summed E-state index contributed by atoms with van der Waals surface area (Å²) in [5, 5.41) is 13.6. The van der Waals surface area contributed by atoms with Crippen LogP contribution in [-0.4, -0.2) is 32.4 Å². The van der Waals surface area contributed by atoms with Gasteiger partial charge in [-0.3, -0.25) is 14.9 Å². The number of aryl methyl sites for hydroxylation is 1. The summed E-state index contributed by atoms with van der Waals surface area (Å²) < 4.78 is 33.9. The van der Waals surface area contributed by atoms with Crippen molar-refractivity contribution in [1.82, 2.24) is 4.72 Å². The smallest absolute Gasteiger partial charge is 0.271 e. The highest BCUT2D eigenvalue weighted by Crippen LogP contribution is 2.28. The van der Waals surface area contributed by atoms with Crippen LogP contribution >= 0.6 is 0 Å². The summed E-state index contributed by atoms with van der Waals surface area (Å²) in [5.41, 5.74) is 0.852. The highest BCUT2D eigenvalue weighted by molar-refractivity contribution is 7.89. The van der Waals surface area contributed by atoms with Crippen LogP contribution in [0.25, 0.3) is 0 Å². The van der Waals surface area contributed by atoms with Crippen LogP contribution in [-0.2, 0) is 10.0 Å². The van der Waals surface area contributed by atoms with Crippen LogP contribution in [0, 0.1) is 17.0 Å². The first kappa shape index (κ1) is 22.7. The Morgan fingerprint density at radius 1 is 1.13 bits per heavy atom. The number of anilines is 1. The van der Waals surface area contributed by atoms with Gasteiger partial charge in [-0.15, -0.1) is 0 Å². The van der Waals surface area contributed by atoms with Crippen molar-refractivity contribution in [2.75, 3.05) is 12.4 Å². The van der Waals surface area contributed by atoms with E-state index in [1.807, 2.05) is 0 Å². The van der Waals surface area contributed by atoms with Gasteiger partial charge < -0.3 is 10.1 Å². The predicted octanol–water partition coefficient (Wildman–Crippen LogP) is 3.78. The number of nitrogens with one attached hydrogen (secondary N) is 2. The molecule has 0 aliphatic heterocycles. The van der Waals surface area contributed by atoms with Gasteiger partial charge in [-0.05, 0) is 43.5 Å². The number of nitro groups is 1. The Balaban J connectivity index is 1.88. The van der Waals surface area contributed by atoms with Crippen LogP contribution < -0.4 is 14.8 Å². The number of ether oxygens (including phenoxy) is 1. The maximum absolute atomic E-state index is 13.0. The van der Waals surface area contributed by atoms with E-state index in [4.69, 9.17) is 4.74 Å². The third-order valence-corrected chi connectivity index (χ3v) is 6.86. The summed E-state index contributed by atoms with van der Waals surface area (Å²) in [6.07, 6.45) is 4.57. The van der Waals surface area contributed by atoms with Crippen LogP contribution in [0.1, 0.15) is 48.0 Å². The van der Waals surface area contributed by atoms with Gasteiger partial charge in [0.2, 0.25) is 10.0 Å². The van der Waals surface area contributed by atoms with Crippen molar-refractivity contribution < 1.29 is 22.9 Å². The topological polar surface area (TPSA) is 128 Å². The van der Waals surface area contributed by atoms with E-state index in [0.717, 1.165) is 32.1 Å². The number of amides is 1. The highest BCUT2D eigenvalue weighted by atomic mass is 32.2. The average molecular weight is 448 g/mol. The molecule has 9 nitrogen and oxygen atoms in total. The first-order valence-corrected chi connectivity index (χ1v) is 11.5. The molecule has 0 radical (unpaired) electrons. The van der Waals surface area contributed by atoms with E-state index in [1.54, 1.807) is 6.92 Å². The minimum Gasteiger partial charge on any atom is -0.495 e. The molecule has 2 aromatic carbocycles. The predicted molar refractivity (Wildman–Crippen MR) is 116 cm³/mol. The Hall–Kier alpha value is -2.98. The first-order valence-electron chi connectivity index (χ1n) is 9.98. The second-order valence-electron chi connectivity index (χ2n) is 7.53. The van der Waals surface area contributed by atoms with Gasteiger partial charge in [0.05, 0.1) is 17.7 Å². The Kier molecular flexibility index (Phi) is 6.91. The molecule has 3 rings (SSSR count). The van der Waals surface area contributed by atoms with E-state index in [9.17, 15) is 23.3 Å². The molecule has 0 saturated heterocycles. The molecule has 0 atom stereocenters. The second-order valence-corrected chi connectivity index (χ2v) is 9.21. The Morgan fingerprint density at radius 3 is 2.48 bits per heavy atom. The van der Waals surface area contributed by atoms with Gasteiger partial charge in [-0.2, -0.15) is 0 Å². The third-order valence-electron chi connectivity index (χ3n) is 5.32. The standard InChI is InChI=1S/C21H25N3O6S/c1-14-8-10-17(24(26)27)13-18(14)22-21(25)15-9-11-19(30-2)20(12-15)31(28,29)23-16-6-4-3-5-7-16/h8-13,16,23H,3-7H2,1-2H3,(H,22,25). The molecular formula is C21H25N3O6S. The van der Waals surface area contributed by atoms with Crippen LogP contribution in [0.4, 0.5) is 11.4 Å². The molecule has 2 N–H and O–H groups in total. The lowest BCUT2D eigenvalue weighted by Crippen LogP contribution is -2.36. The van der Waals surface area contributed by atoms with Crippen molar-refractivity contribution in [3.63, 3.8) is 0 Å². The molecule has 10 heteroatoms. The van der Waals surface area contributed by atoms with Gasteiger partial charge in [0, 0.05) is 23.7 Å². The fraction of sp³-hybridized carbons (Fsp3) is 0.381. The summed E-state index contributed by atoms with van der Waals surface area (Å²) in [6.45, 7) is 1.71. The maximum Gasteiger partial charge on any atom is 0.271 e. The fourth-order valence-corrected chi connectivity index (χ4v) is 5.08. The Bertz CT molecular complexity index is 1090. The molecule has 1 amide bonds. The number of benzene rings is 2. The van der Waals surface area contributed by atoms with Crippen molar-refractivity contribution in [3.8, 4) is 5.75 Å². The number of hydrogen-bond acceptors (Lipinski definition) is 6. The summed E-state index contributed by atoms with van der Waals surface area (Å²) in [7, 11) is -2.54. The molecule has 31 heavy (non-hydrogen) atoms. The van der Waals surface area contributed by atoms with E-state index in [1.165, 1.54) is 43.5 Å². The summed E-state index contributed by atoms with van der Waals surface area (Å²) in [4.78, 5) is 23.1. The van der Waals surface area contributed by atoms with Crippen molar-refractivity contribution in [2.24, 2.45) is 0 Å². The maximum atomic E-state index is 13.0. The van der Waals surface area contributed by atoms with E-state index in [0.29, 0.717) is 5.56 Å². The summed E-state index contributed by atoms with van der Waals surface area (Å²) in [5.74, 6) is -0.452. The molecular weight excluding hydrogens is 422 g/mol. The van der Waals surface area contributed by atoms with E-state index >= 15 is 0 Å². The number of rotatable bonds is 7. The van der Waals surface area contributed by atoms with Crippen molar-refractivity contribution in [2.45, 2.75) is 50.0 Å². The number of sulfonamides is 1. The SMILES string of the molecule is COc1ccc(C(=O)Nc2cc([N+](=O)[O-])ccc2C)cc1S(=O)(=O)NC1CCCCC1. The van der Waals surface area contributed by atoms with Crippen molar-refractivity contribution in [1.29, 1.82) is 0 Å². The quantitative estimate of drug-likeness (QED) is 0.491. The van der Waals surface area contributed by atoms with Crippen LogP contribution in [0.5, 0.6) is 5.75 Å². The molecule has 0 aromatic heterocycles. The lowest BCUT2D eigenvalue weighted by atomic mass is 9.96. The Morgan fingerprint density at radius 2 is 1.84 bits per heavy atom. The zero-order chi connectivity index (χ0) is 22.6. The van der Waals surface area contributed by atoms with Gasteiger partial charge in [0.1, 0.15) is 10.6 Å². The zero-order valence-electron chi connectivity index (χ0n) is 17.4. The van der Waals surface area contributed by atoms with Crippen LogP contribution in [0.2, 0.25) is 0 Å². The normalized spacial score (nSPS) is 14.8. The Labute approximate surface area is 181 Å². The number of methoxy groups -OCH3 is 1. The van der Waals surface area contributed by atoms with Crippen LogP contribution in [0.3, 0.4) is 0 Å². The van der Waals surface area contributed by atoms with Gasteiger partial charge in [0.15, 0.2) is 0 Å². The molecule has 0 unspecified atom stereocenters. The number of nitro benzene ring substituents is 1. The number of non-ortho nitro benzene ring substituents is 1. The summed E-state index contributed by atoms with van der Waals surface area (Å²) >= 11 is 0. The van der Waals surface area contributed by atoms with E-state index in [-0.39, 0.29) is 33.6 Å². The number of nitrogens with zero attached hydrogens (tertiary/aromatic N) is 1. The molecule has 0 spiro atoms. The van der Waals surface area contributed by atoms with Gasteiger partial charge in [-0.1, -0.05) is 25.3 Å². The molecule has 1 fully saturated rings. The first-order chi connectivity index (χ1) is 14.7. The molecule has 0 heterocycles. The molecule has 2 aromatic rings. The molecule has 166 valence electrons. The lowest BCUT2D eigenvalue weighted by molar-refractivity contribution is -0.384. The number of carbonyl (C=O) groups excluding carboxylic acids is 1. The van der Waals surface area contributed by atoms with Crippen molar-refractivity contribution in [3.05, 3.63) is 57.6 Å². The largest absolute Gasteiger partial charge is 0.495 e. The minimum atomic E-state index is -3.90. The third kappa shape index (κ3) is 5.39. The van der Waals surface area contributed by atoms with E-state index < -0.39 is 20.9 Å². The van der Waals surface area contributed by atoms with Gasteiger partial charge in [-0.25, -0.2) is 13.1 Å². The van der Waals surface area contributed by atoms with Gasteiger partial charge >= 0.3 is 0 Å². The van der Waals surface area contributed by atoms with Crippen molar-refractivity contribution >= 4 is 27.3 Å². The highest BCUT2D eigenvalue weighted by Gasteiger charge is 2.26. The molecule has 0 bridgehead atoms. The van der Waals surface area contributed by atoms with E-state index in [2.05, 4.69) is 10.0 Å². The zero-order valence-corrected chi connectivity index (χ0v) is 18.2. The summed E-state index contributed by atoms with van der Waals surface area (Å²) in [6, 6.07) is 8.12. The minimum absolute atomic E-state index is 0.0933. The molecule has 1 aliphatic carbocycles. The van der Waals surface area contributed by atoms with Crippen LogP contribution in [0.15, 0.2) is 41.3 Å². The van der Waals surface area contributed by atoms with Gasteiger partial charge in [0.25, 0.3) is 11.6 Å². The monoisotopic (exact) mass is 447 g/mol. The lowest BCUT2D eigenvalue weighted by Gasteiger charge is -2.23. The molecule has 1 aliphatic rings. The number of hydrogen-bond donors (Lipinski definition) is 2.